The second-order valence-electron chi connectivity index (χ2n) is 5.88. The van der Waals surface area contributed by atoms with Crippen molar-refractivity contribution in [2.75, 3.05) is 7.11 Å². The third-order valence-corrected chi connectivity index (χ3v) is 4.38. The number of likely N-dealkylation sites (tertiary alicyclic amines) is 1. The maximum Gasteiger partial charge on any atom is 0.140 e. The van der Waals surface area contributed by atoms with Crippen LogP contribution < -0.4 is 4.74 Å². The van der Waals surface area contributed by atoms with E-state index in [-0.39, 0.29) is 0 Å². The van der Waals surface area contributed by atoms with Gasteiger partial charge in [0.15, 0.2) is 0 Å². The van der Waals surface area contributed by atoms with Gasteiger partial charge in [0.2, 0.25) is 0 Å². The maximum atomic E-state index is 11.5. The molecular formula is C16H21NO3. The third-order valence-electron chi connectivity index (χ3n) is 4.38. The lowest BCUT2D eigenvalue weighted by Crippen LogP contribution is -2.52. The van der Waals surface area contributed by atoms with Gasteiger partial charge < -0.3 is 14.3 Å². The highest BCUT2D eigenvalue weighted by Gasteiger charge is 2.49. The summed E-state index contributed by atoms with van der Waals surface area (Å²) in [6, 6.07) is 7.71. The van der Waals surface area contributed by atoms with E-state index in [1.807, 2.05) is 43.0 Å². The smallest absolute Gasteiger partial charge is 0.140 e. The van der Waals surface area contributed by atoms with Gasteiger partial charge in [-0.05, 0) is 44.4 Å². The molecule has 0 aliphatic carbocycles. The van der Waals surface area contributed by atoms with E-state index in [0.717, 1.165) is 23.9 Å². The number of aldehydes is 2. The predicted octanol–water partition coefficient (Wildman–Crippen LogP) is 2.21. The average Bonchev–Trinajstić information content (AvgIpc) is 2.74. The largest absolute Gasteiger partial charge is 0.497 e. The van der Waals surface area contributed by atoms with Gasteiger partial charge in [0.05, 0.1) is 18.2 Å². The molecule has 4 nitrogen and oxygen atoms in total. The van der Waals surface area contributed by atoms with Gasteiger partial charge in [-0.3, -0.25) is 4.90 Å². The Morgan fingerprint density at radius 3 is 2.00 bits per heavy atom. The van der Waals surface area contributed by atoms with Crippen molar-refractivity contribution < 1.29 is 14.3 Å². The summed E-state index contributed by atoms with van der Waals surface area (Å²) in [5.74, 6) is 0.798. The standard InChI is InChI=1S/C16H21NO3/c1-15(11-18)8-9-16(2,12-19)17(15)10-13-4-6-14(20-3)7-5-13/h4-7,11-12H,8-10H2,1-3H3/t15-,16+. The Bertz CT molecular complexity index is 477. The molecule has 1 saturated heterocycles. The SMILES string of the molecule is COc1ccc(CN2[C@@](C)(C=O)CC[C@@]2(C)C=O)cc1. The zero-order valence-corrected chi connectivity index (χ0v) is 12.3. The second kappa shape index (κ2) is 5.37. The first-order valence-corrected chi connectivity index (χ1v) is 6.81. The number of methoxy groups -OCH3 is 1. The molecule has 1 heterocycles. The first-order valence-electron chi connectivity index (χ1n) is 6.81. The molecular weight excluding hydrogens is 254 g/mol. The summed E-state index contributed by atoms with van der Waals surface area (Å²) in [6.45, 7) is 4.38. The van der Waals surface area contributed by atoms with Crippen molar-refractivity contribution >= 4 is 12.6 Å². The molecule has 1 aliphatic heterocycles. The number of nitrogens with zero attached hydrogens (tertiary/aromatic N) is 1. The van der Waals surface area contributed by atoms with Crippen LogP contribution in [-0.2, 0) is 16.1 Å². The van der Waals surface area contributed by atoms with Gasteiger partial charge in [-0.25, -0.2) is 0 Å². The van der Waals surface area contributed by atoms with E-state index in [1.54, 1.807) is 7.11 Å². The highest BCUT2D eigenvalue weighted by atomic mass is 16.5. The van der Waals surface area contributed by atoms with Crippen molar-refractivity contribution in [1.29, 1.82) is 0 Å². The van der Waals surface area contributed by atoms with E-state index in [9.17, 15) is 9.59 Å². The minimum Gasteiger partial charge on any atom is -0.497 e. The predicted molar refractivity (Wildman–Crippen MR) is 76.7 cm³/mol. The molecule has 1 aromatic rings. The van der Waals surface area contributed by atoms with Crippen LogP contribution in [0.15, 0.2) is 24.3 Å². The highest BCUT2D eigenvalue weighted by molar-refractivity contribution is 5.71. The fourth-order valence-electron chi connectivity index (χ4n) is 2.88. The quantitative estimate of drug-likeness (QED) is 0.773. The molecule has 20 heavy (non-hydrogen) atoms. The number of ether oxygens (including phenoxy) is 1. The van der Waals surface area contributed by atoms with E-state index in [4.69, 9.17) is 4.74 Å². The van der Waals surface area contributed by atoms with Crippen molar-refractivity contribution in [2.24, 2.45) is 0 Å². The van der Waals surface area contributed by atoms with Gasteiger partial charge in [0.1, 0.15) is 18.3 Å². The number of rotatable bonds is 5. The first kappa shape index (κ1) is 14.7. The lowest BCUT2D eigenvalue weighted by molar-refractivity contribution is -0.124. The summed E-state index contributed by atoms with van der Waals surface area (Å²) in [4.78, 5) is 24.9. The molecule has 0 unspecified atom stereocenters. The molecule has 0 bridgehead atoms. The van der Waals surface area contributed by atoms with E-state index >= 15 is 0 Å². The molecule has 0 N–H and O–H groups in total. The van der Waals surface area contributed by atoms with Gasteiger partial charge in [0, 0.05) is 6.54 Å². The Labute approximate surface area is 119 Å². The topological polar surface area (TPSA) is 46.6 Å². The van der Waals surface area contributed by atoms with Gasteiger partial charge in [-0.2, -0.15) is 0 Å². The molecule has 108 valence electrons. The highest BCUT2D eigenvalue weighted by Crippen LogP contribution is 2.40. The Morgan fingerprint density at radius 2 is 1.60 bits per heavy atom. The summed E-state index contributed by atoms with van der Waals surface area (Å²) < 4.78 is 5.14. The van der Waals surface area contributed by atoms with Crippen LogP contribution in [0.25, 0.3) is 0 Å². The molecule has 0 spiro atoms. The molecule has 1 aliphatic rings. The first-order chi connectivity index (χ1) is 9.47. The summed E-state index contributed by atoms with van der Waals surface area (Å²) in [5.41, 5.74) is -0.0839. The van der Waals surface area contributed by atoms with Crippen LogP contribution in [0.5, 0.6) is 5.75 Å². The summed E-state index contributed by atoms with van der Waals surface area (Å²) in [5, 5.41) is 0. The number of hydrogen-bond donors (Lipinski definition) is 0. The summed E-state index contributed by atoms with van der Waals surface area (Å²) in [6.07, 6.45) is 3.35. The fourth-order valence-corrected chi connectivity index (χ4v) is 2.88. The maximum absolute atomic E-state index is 11.5. The van der Waals surface area contributed by atoms with E-state index < -0.39 is 11.1 Å². The summed E-state index contributed by atoms with van der Waals surface area (Å²) in [7, 11) is 1.63. The lowest BCUT2D eigenvalue weighted by Gasteiger charge is -2.38. The minimum absolute atomic E-state index is 0.574. The number of benzene rings is 1. The molecule has 4 heteroatoms. The van der Waals surface area contributed by atoms with Crippen LogP contribution in [-0.4, -0.2) is 35.7 Å². The van der Waals surface area contributed by atoms with Gasteiger partial charge >= 0.3 is 0 Å². The van der Waals surface area contributed by atoms with Crippen molar-refractivity contribution in [3.8, 4) is 5.75 Å². The van der Waals surface area contributed by atoms with Crippen LogP contribution >= 0.6 is 0 Å². The molecule has 0 radical (unpaired) electrons. The Hall–Kier alpha value is -1.68. The number of carbonyl (C=O) groups excluding carboxylic acids is 2. The Morgan fingerprint density at radius 1 is 1.10 bits per heavy atom. The van der Waals surface area contributed by atoms with Crippen LogP contribution in [0.1, 0.15) is 32.3 Å². The molecule has 2 rings (SSSR count). The van der Waals surface area contributed by atoms with Crippen LogP contribution in [0.4, 0.5) is 0 Å². The minimum atomic E-state index is -0.574. The van der Waals surface area contributed by atoms with Crippen molar-refractivity contribution in [3.05, 3.63) is 29.8 Å². The van der Waals surface area contributed by atoms with Gasteiger partial charge in [-0.1, -0.05) is 12.1 Å². The van der Waals surface area contributed by atoms with Crippen LogP contribution in [0.2, 0.25) is 0 Å². The molecule has 0 saturated carbocycles. The number of hydrogen-bond acceptors (Lipinski definition) is 4. The normalized spacial score (nSPS) is 30.1. The molecule has 2 atom stereocenters. The average molecular weight is 275 g/mol. The molecule has 1 fully saturated rings. The molecule has 0 aromatic heterocycles. The lowest BCUT2D eigenvalue weighted by atomic mass is 10.0. The van der Waals surface area contributed by atoms with E-state index in [2.05, 4.69) is 0 Å². The second-order valence-corrected chi connectivity index (χ2v) is 5.88. The molecule has 0 amide bonds. The van der Waals surface area contributed by atoms with Crippen molar-refractivity contribution in [1.82, 2.24) is 4.90 Å². The third kappa shape index (κ3) is 2.48. The Kier molecular flexibility index (Phi) is 3.95. The van der Waals surface area contributed by atoms with Crippen molar-refractivity contribution in [2.45, 2.75) is 44.3 Å². The number of carbonyl (C=O) groups is 2. The van der Waals surface area contributed by atoms with Crippen molar-refractivity contribution in [3.63, 3.8) is 0 Å². The zero-order chi connectivity index (χ0) is 14.8. The summed E-state index contributed by atoms with van der Waals surface area (Å²) >= 11 is 0. The van der Waals surface area contributed by atoms with Gasteiger partial charge in [0.25, 0.3) is 0 Å². The monoisotopic (exact) mass is 275 g/mol. The molecule has 1 aromatic carbocycles. The fraction of sp³-hybridized carbons (Fsp3) is 0.500. The Balaban J connectivity index is 2.26. The van der Waals surface area contributed by atoms with Gasteiger partial charge in [-0.15, -0.1) is 0 Å². The zero-order valence-electron chi connectivity index (χ0n) is 12.3. The van der Waals surface area contributed by atoms with Crippen LogP contribution in [0, 0.1) is 0 Å². The van der Waals surface area contributed by atoms with E-state index in [0.29, 0.717) is 19.4 Å². The van der Waals surface area contributed by atoms with E-state index in [1.165, 1.54) is 0 Å². The van der Waals surface area contributed by atoms with Crippen LogP contribution in [0.3, 0.4) is 0 Å².